The molecule has 7 heteroatoms. The highest BCUT2D eigenvalue weighted by Crippen LogP contribution is 2.44. The predicted octanol–water partition coefficient (Wildman–Crippen LogP) is 1.24. The van der Waals surface area contributed by atoms with E-state index in [2.05, 4.69) is 0 Å². The number of carbonyl (C=O) groups is 3. The number of nitrogens with zero attached hydrogens (tertiary/aromatic N) is 3. The van der Waals surface area contributed by atoms with Gasteiger partial charge < -0.3 is 19.8 Å². The van der Waals surface area contributed by atoms with E-state index in [9.17, 15) is 19.5 Å². The Morgan fingerprint density at radius 3 is 1.91 bits per heavy atom. The Balaban J connectivity index is 1.85. The highest BCUT2D eigenvalue weighted by atomic mass is 16.4. The van der Waals surface area contributed by atoms with Gasteiger partial charge in [0.1, 0.15) is 0 Å². The van der Waals surface area contributed by atoms with E-state index in [1.165, 1.54) is 0 Å². The third kappa shape index (κ3) is 3.59. The van der Waals surface area contributed by atoms with Gasteiger partial charge in [0.25, 0.3) is 0 Å². The molecule has 1 saturated carbocycles. The van der Waals surface area contributed by atoms with Crippen molar-refractivity contribution in [1.29, 1.82) is 0 Å². The van der Waals surface area contributed by atoms with Crippen LogP contribution in [-0.2, 0) is 9.59 Å². The van der Waals surface area contributed by atoms with Crippen LogP contribution < -0.4 is 0 Å². The lowest BCUT2D eigenvalue weighted by Gasteiger charge is -2.41. The maximum atomic E-state index is 12.4. The lowest BCUT2D eigenvalue weighted by molar-refractivity contribution is -0.159. The first kappa shape index (κ1) is 17.6. The molecule has 0 aromatic rings. The van der Waals surface area contributed by atoms with E-state index >= 15 is 0 Å². The highest BCUT2D eigenvalue weighted by Gasteiger charge is 2.46. The first-order valence-corrected chi connectivity index (χ1v) is 8.48. The number of carboxylic acid groups (broad SMARTS) is 1. The van der Waals surface area contributed by atoms with Crippen LogP contribution in [0.1, 0.15) is 39.5 Å². The second kappa shape index (κ2) is 7.19. The zero-order valence-corrected chi connectivity index (χ0v) is 14.1. The number of rotatable bonds is 5. The van der Waals surface area contributed by atoms with Crippen LogP contribution in [0.2, 0.25) is 0 Å². The van der Waals surface area contributed by atoms with Crippen molar-refractivity contribution >= 4 is 17.9 Å². The molecule has 0 radical (unpaired) electrons. The molecule has 23 heavy (non-hydrogen) atoms. The fourth-order valence-corrected chi connectivity index (χ4v) is 3.31. The number of hydrogen-bond acceptors (Lipinski definition) is 3. The number of aliphatic carboxylic acids is 1. The molecule has 0 bridgehead atoms. The molecule has 2 rings (SSSR count). The van der Waals surface area contributed by atoms with E-state index in [1.807, 2.05) is 13.8 Å². The summed E-state index contributed by atoms with van der Waals surface area (Å²) in [5, 5.41) is 9.33. The molecule has 1 aliphatic heterocycles. The Kier molecular flexibility index (Phi) is 5.49. The van der Waals surface area contributed by atoms with Crippen LogP contribution >= 0.6 is 0 Å². The number of piperazine rings is 1. The molecule has 3 amide bonds. The van der Waals surface area contributed by atoms with Gasteiger partial charge in [-0.2, -0.15) is 0 Å². The van der Waals surface area contributed by atoms with Crippen molar-refractivity contribution in [2.24, 2.45) is 5.41 Å². The number of carbonyl (C=O) groups excluding carboxylic acids is 2. The summed E-state index contributed by atoms with van der Waals surface area (Å²) in [5.41, 5.74) is -0.842. The molecule has 2 fully saturated rings. The van der Waals surface area contributed by atoms with Crippen molar-refractivity contribution < 1.29 is 19.5 Å². The van der Waals surface area contributed by atoms with Crippen molar-refractivity contribution in [2.75, 3.05) is 39.3 Å². The van der Waals surface area contributed by atoms with Crippen LogP contribution in [-0.4, -0.2) is 77.0 Å². The average Bonchev–Trinajstić information content (AvgIpc) is 2.51. The van der Waals surface area contributed by atoms with Gasteiger partial charge in [0.15, 0.2) is 0 Å². The highest BCUT2D eigenvalue weighted by molar-refractivity contribution is 5.86. The summed E-state index contributed by atoms with van der Waals surface area (Å²) >= 11 is 0. The zero-order valence-electron chi connectivity index (χ0n) is 14.1. The molecule has 1 N–H and O–H groups in total. The maximum absolute atomic E-state index is 12.4. The van der Waals surface area contributed by atoms with Gasteiger partial charge in [-0.25, -0.2) is 4.79 Å². The summed E-state index contributed by atoms with van der Waals surface area (Å²) in [6.07, 6.45) is 2.15. The molecule has 0 aromatic carbocycles. The summed E-state index contributed by atoms with van der Waals surface area (Å²) in [5.74, 6) is -0.950. The van der Waals surface area contributed by atoms with Crippen molar-refractivity contribution in [2.45, 2.75) is 39.5 Å². The van der Waals surface area contributed by atoms with E-state index in [0.717, 1.165) is 6.42 Å². The maximum Gasteiger partial charge on any atom is 0.320 e. The van der Waals surface area contributed by atoms with Crippen molar-refractivity contribution in [3.8, 4) is 0 Å². The minimum Gasteiger partial charge on any atom is -0.481 e. The van der Waals surface area contributed by atoms with Gasteiger partial charge in [-0.3, -0.25) is 9.59 Å². The number of carboxylic acids is 1. The third-order valence-electron chi connectivity index (χ3n) is 5.19. The molecule has 2 aliphatic rings. The lowest BCUT2D eigenvalue weighted by Crippen LogP contribution is -2.55. The van der Waals surface area contributed by atoms with E-state index in [0.29, 0.717) is 52.1 Å². The van der Waals surface area contributed by atoms with Gasteiger partial charge in [-0.1, -0.05) is 6.42 Å². The smallest absolute Gasteiger partial charge is 0.320 e. The number of amides is 3. The predicted molar refractivity (Wildman–Crippen MR) is 85.0 cm³/mol. The molecule has 7 nitrogen and oxygen atoms in total. The molecule has 0 unspecified atom stereocenters. The number of hydrogen-bond donors (Lipinski definition) is 1. The molecule has 1 aliphatic carbocycles. The van der Waals surface area contributed by atoms with Crippen molar-refractivity contribution in [1.82, 2.24) is 14.7 Å². The molecule has 0 aromatic heterocycles. The Morgan fingerprint density at radius 1 is 1.00 bits per heavy atom. The molecular weight excluding hydrogens is 298 g/mol. The fraction of sp³-hybridized carbons (Fsp3) is 0.812. The van der Waals surface area contributed by atoms with E-state index in [-0.39, 0.29) is 18.4 Å². The van der Waals surface area contributed by atoms with Crippen LogP contribution in [0.4, 0.5) is 4.79 Å². The van der Waals surface area contributed by atoms with Crippen molar-refractivity contribution in [3.05, 3.63) is 0 Å². The Labute approximate surface area is 137 Å². The summed E-state index contributed by atoms with van der Waals surface area (Å²) in [6, 6.07) is 0.0168. The molecule has 0 spiro atoms. The largest absolute Gasteiger partial charge is 0.481 e. The third-order valence-corrected chi connectivity index (χ3v) is 5.19. The molecule has 1 heterocycles. The lowest BCUT2D eigenvalue weighted by atomic mass is 9.66. The number of urea groups is 1. The average molecular weight is 325 g/mol. The quantitative estimate of drug-likeness (QED) is 0.824. The summed E-state index contributed by atoms with van der Waals surface area (Å²) in [6.45, 7) is 7.26. The molecular formula is C16H27N3O4. The van der Waals surface area contributed by atoms with Gasteiger partial charge in [0, 0.05) is 45.7 Å². The molecule has 1 saturated heterocycles. The topological polar surface area (TPSA) is 81.2 Å². The van der Waals surface area contributed by atoms with Gasteiger partial charge in [0.05, 0.1) is 5.41 Å². The minimum absolute atomic E-state index is 0.0168. The zero-order chi connectivity index (χ0) is 17.0. The second-order valence-electron chi connectivity index (χ2n) is 6.44. The van der Waals surface area contributed by atoms with Crippen LogP contribution in [0, 0.1) is 5.41 Å². The first-order chi connectivity index (χ1) is 10.9. The van der Waals surface area contributed by atoms with Crippen LogP contribution in [0.5, 0.6) is 0 Å². The van der Waals surface area contributed by atoms with Gasteiger partial charge in [-0.15, -0.1) is 0 Å². The Bertz CT molecular complexity index is 464. The summed E-state index contributed by atoms with van der Waals surface area (Å²) in [4.78, 5) is 41.3. The minimum atomic E-state index is -0.854. The summed E-state index contributed by atoms with van der Waals surface area (Å²) < 4.78 is 0. The van der Waals surface area contributed by atoms with Gasteiger partial charge in [-0.05, 0) is 26.7 Å². The monoisotopic (exact) mass is 325 g/mol. The van der Waals surface area contributed by atoms with Crippen LogP contribution in [0.25, 0.3) is 0 Å². The second-order valence-corrected chi connectivity index (χ2v) is 6.44. The van der Waals surface area contributed by atoms with Gasteiger partial charge >= 0.3 is 12.0 Å². The fourth-order valence-electron chi connectivity index (χ4n) is 3.31. The molecule has 130 valence electrons. The first-order valence-electron chi connectivity index (χ1n) is 8.48. The summed E-state index contributed by atoms with van der Waals surface area (Å²) in [7, 11) is 0. The van der Waals surface area contributed by atoms with Gasteiger partial charge in [0.2, 0.25) is 5.91 Å². The van der Waals surface area contributed by atoms with E-state index in [4.69, 9.17) is 0 Å². The molecule has 0 atom stereocenters. The van der Waals surface area contributed by atoms with Crippen LogP contribution in [0.15, 0.2) is 0 Å². The Hall–Kier alpha value is -1.79. The standard InChI is InChI=1S/C16H27N3O4/c1-3-17(4-2)15(23)19-10-8-18(9-11-19)13(20)12-16(14(21)22)6-5-7-16/h3-12H2,1-2H3,(H,21,22). The Morgan fingerprint density at radius 2 is 1.52 bits per heavy atom. The van der Waals surface area contributed by atoms with E-state index in [1.54, 1.807) is 14.7 Å². The van der Waals surface area contributed by atoms with Crippen LogP contribution in [0.3, 0.4) is 0 Å². The van der Waals surface area contributed by atoms with Crippen molar-refractivity contribution in [3.63, 3.8) is 0 Å². The SMILES string of the molecule is CCN(CC)C(=O)N1CCN(C(=O)CC2(C(=O)O)CCC2)CC1. The normalized spacial score (nSPS) is 19.9. The van der Waals surface area contributed by atoms with E-state index < -0.39 is 11.4 Å².